The molecule has 1 amide bonds. The van der Waals surface area contributed by atoms with Gasteiger partial charge in [0, 0.05) is 18.4 Å². The van der Waals surface area contributed by atoms with Crippen LogP contribution in [0.4, 0.5) is 0 Å². The minimum atomic E-state index is -0.0390. The van der Waals surface area contributed by atoms with Crippen LogP contribution < -0.4 is 16.2 Å². The van der Waals surface area contributed by atoms with E-state index < -0.39 is 0 Å². The van der Waals surface area contributed by atoms with E-state index >= 15 is 0 Å². The van der Waals surface area contributed by atoms with Crippen LogP contribution in [0.2, 0.25) is 0 Å². The van der Waals surface area contributed by atoms with Crippen molar-refractivity contribution in [2.45, 2.75) is 70.5 Å². The van der Waals surface area contributed by atoms with E-state index in [1.807, 2.05) is 0 Å². The Hall–Kier alpha value is -1.39. The summed E-state index contributed by atoms with van der Waals surface area (Å²) in [7, 11) is 0. The Morgan fingerprint density at radius 1 is 1.26 bits per heavy atom. The van der Waals surface area contributed by atoms with Gasteiger partial charge in [-0.2, -0.15) is 0 Å². The molecule has 2 aliphatic rings. The molecular formula is C19H29N3O. The zero-order valence-electron chi connectivity index (χ0n) is 14.3. The highest BCUT2D eigenvalue weighted by molar-refractivity contribution is 5.76. The van der Waals surface area contributed by atoms with Crippen molar-refractivity contribution in [3.05, 3.63) is 35.4 Å². The lowest BCUT2D eigenvalue weighted by Crippen LogP contribution is -2.46. The van der Waals surface area contributed by atoms with Crippen LogP contribution in [0.3, 0.4) is 0 Å². The number of hydrogen-bond donors (Lipinski definition) is 3. The van der Waals surface area contributed by atoms with Crippen molar-refractivity contribution in [2.24, 2.45) is 5.92 Å². The predicted octanol–water partition coefficient (Wildman–Crippen LogP) is 2.99. The summed E-state index contributed by atoms with van der Waals surface area (Å²) in [5, 5.41) is 3.19. The number of rotatable bonds is 5. The van der Waals surface area contributed by atoms with E-state index in [2.05, 4.69) is 54.3 Å². The van der Waals surface area contributed by atoms with Crippen LogP contribution in [-0.2, 0) is 4.79 Å². The molecule has 0 aromatic heterocycles. The Labute approximate surface area is 139 Å². The van der Waals surface area contributed by atoms with Crippen molar-refractivity contribution in [1.82, 2.24) is 16.2 Å². The van der Waals surface area contributed by atoms with Gasteiger partial charge in [-0.15, -0.1) is 0 Å². The Bertz CT molecular complexity index is 539. The molecule has 3 rings (SSSR count). The molecule has 1 saturated carbocycles. The quantitative estimate of drug-likeness (QED) is 0.783. The normalized spacial score (nSPS) is 28.2. The predicted molar refractivity (Wildman–Crippen MR) is 92.8 cm³/mol. The average Bonchev–Trinajstić information content (AvgIpc) is 3.15. The summed E-state index contributed by atoms with van der Waals surface area (Å²) in [5.74, 6) is 1.19. The monoisotopic (exact) mass is 315 g/mol. The molecule has 1 aromatic rings. The summed E-state index contributed by atoms with van der Waals surface area (Å²) >= 11 is 0. The molecular weight excluding hydrogens is 286 g/mol. The van der Waals surface area contributed by atoms with Gasteiger partial charge in [0.25, 0.3) is 0 Å². The zero-order valence-corrected chi connectivity index (χ0v) is 14.3. The van der Waals surface area contributed by atoms with Gasteiger partial charge in [-0.3, -0.25) is 10.2 Å². The number of benzene rings is 1. The van der Waals surface area contributed by atoms with Crippen LogP contribution in [0.15, 0.2) is 24.3 Å². The average molecular weight is 315 g/mol. The van der Waals surface area contributed by atoms with Gasteiger partial charge in [0.05, 0.1) is 0 Å². The lowest BCUT2D eigenvalue weighted by atomic mass is 9.90. The second-order valence-electron chi connectivity index (χ2n) is 7.25. The van der Waals surface area contributed by atoms with Gasteiger partial charge in [-0.1, -0.05) is 55.5 Å². The van der Waals surface area contributed by atoms with E-state index in [1.54, 1.807) is 0 Å². The molecule has 3 atom stereocenters. The molecule has 4 heteroatoms. The van der Waals surface area contributed by atoms with Crippen molar-refractivity contribution in [2.75, 3.05) is 0 Å². The summed E-state index contributed by atoms with van der Waals surface area (Å²) in [6.45, 7) is 4.27. The molecule has 1 aromatic carbocycles. The third-order valence-corrected chi connectivity index (χ3v) is 5.36. The van der Waals surface area contributed by atoms with Gasteiger partial charge in [-0.05, 0) is 31.7 Å². The van der Waals surface area contributed by atoms with Gasteiger partial charge in [0.2, 0.25) is 5.91 Å². The van der Waals surface area contributed by atoms with Crippen LogP contribution in [0, 0.1) is 12.8 Å². The van der Waals surface area contributed by atoms with E-state index in [9.17, 15) is 4.79 Å². The second-order valence-corrected chi connectivity index (χ2v) is 7.25. The lowest BCUT2D eigenvalue weighted by molar-refractivity contribution is -0.122. The largest absolute Gasteiger partial charge is 0.339 e. The Kier molecular flexibility index (Phi) is 5.34. The van der Waals surface area contributed by atoms with Crippen LogP contribution in [-0.4, -0.2) is 18.1 Å². The summed E-state index contributed by atoms with van der Waals surface area (Å²) in [6.07, 6.45) is 6.94. The van der Waals surface area contributed by atoms with Crippen LogP contribution >= 0.6 is 0 Å². The Morgan fingerprint density at radius 3 is 2.78 bits per heavy atom. The number of carbonyl (C=O) groups excluding carboxylic acids is 1. The molecule has 4 nitrogen and oxygen atoms in total. The fourth-order valence-corrected chi connectivity index (χ4v) is 4.05. The number of nitrogens with one attached hydrogen (secondary N) is 3. The molecule has 2 fully saturated rings. The van der Waals surface area contributed by atoms with Crippen LogP contribution in [0.5, 0.6) is 0 Å². The zero-order chi connectivity index (χ0) is 16.2. The van der Waals surface area contributed by atoms with Crippen molar-refractivity contribution >= 4 is 5.91 Å². The molecule has 1 saturated heterocycles. The van der Waals surface area contributed by atoms with Gasteiger partial charge >= 0.3 is 0 Å². The van der Waals surface area contributed by atoms with Gasteiger partial charge in [0.15, 0.2) is 0 Å². The van der Waals surface area contributed by atoms with E-state index in [0.29, 0.717) is 6.42 Å². The number of amides is 1. The molecule has 0 spiro atoms. The van der Waals surface area contributed by atoms with Gasteiger partial charge in [-0.25, -0.2) is 5.43 Å². The summed E-state index contributed by atoms with van der Waals surface area (Å²) in [5.41, 5.74) is 9.06. The van der Waals surface area contributed by atoms with Crippen LogP contribution in [0.1, 0.15) is 62.5 Å². The third-order valence-electron chi connectivity index (χ3n) is 5.36. The highest BCUT2D eigenvalue weighted by Gasteiger charge is 2.35. The molecule has 1 aliphatic heterocycles. The fraction of sp³-hybridized carbons (Fsp3) is 0.632. The SMILES string of the molecule is Cc1cccc(C2C(C)NNC2NC(=O)CCC2CCCC2)c1. The van der Waals surface area contributed by atoms with Crippen molar-refractivity contribution < 1.29 is 4.79 Å². The third kappa shape index (κ3) is 4.12. The summed E-state index contributed by atoms with van der Waals surface area (Å²) < 4.78 is 0. The minimum absolute atomic E-state index is 0.0390. The summed E-state index contributed by atoms with van der Waals surface area (Å²) in [4.78, 5) is 12.3. The maximum Gasteiger partial charge on any atom is 0.221 e. The van der Waals surface area contributed by atoms with Crippen LogP contribution in [0.25, 0.3) is 0 Å². The Morgan fingerprint density at radius 2 is 2.04 bits per heavy atom. The summed E-state index contributed by atoms with van der Waals surface area (Å²) in [6, 6.07) is 8.86. The number of hydrogen-bond acceptors (Lipinski definition) is 3. The molecule has 3 unspecified atom stereocenters. The minimum Gasteiger partial charge on any atom is -0.339 e. The second kappa shape index (κ2) is 7.45. The molecule has 1 heterocycles. The van der Waals surface area contributed by atoms with Crippen molar-refractivity contribution in [3.63, 3.8) is 0 Å². The van der Waals surface area contributed by atoms with E-state index in [0.717, 1.165) is 12.3 Å². The molecule has 0 bridgehead atoms. The number of aryl methyl sites for hydroxylation is 1. The molecule has 1 aliphatic carbocycles. The highest BCUT2D eigenvalue weighted by Crippen LogP contribution is 2.29. The molecule has 3 N–H and O–H groups in total. The highest BCUT2D eigenvalue weighted by atomic mass is 16.1. The molecule has 126 valence electrons. The fourth-order valence-electron chi connectivity index (χ4n) is 4.05. The number of hydrazine groups is 1. The number of carbonyl (C=O) groups is 1. The first kappa shape index (κ1) is 16.5. The molecule has 23 heavy (non-hydrogen) atoms. The topological polar surface area (TPSA) is 53.2 Å². The first-order valence-corrected chi connectivity index (χ1v) is 9.00. The Balaban J connectivity index is 1.58. The van der Waals surface area contributed by atoms with Gasteiger partial charge < -0.3 is 5.32 Å². The smallest absolute Gasteiger partial charge is 0.221 e. The first-order chi connectivity index (χ1) is 11.1. The van der Waals surface area contributed by atoms with Gasteiger partial charge in [0.1, 0.15) is 6.17 Å². The van der Waals surface area contributed by atoms with Crippen molar-refractivity contribution in [1.29, 1.82) is 0 Å². The standard InChI is InChI=1S/C19H29N3O/c1-13-6-5-9-16(12-13)18-14(2)21-22-19(18)20-17(23)11-10-15-7-3-4-8-15/h5-6,9,12,14-15,18-19,21-22H,3-4,7-8,10-11H2,1-2H3,(H,20,23). The van der Waals surface area contributed by atoms with Crippen molar-refractivity contribution in [3.8, 4) is 0 Å². The maximum absolute atomic E-state index is 12.3. The van der Waals surface area contributed by atoms with E-state index in [1.165, 1.54) is 36.8 Å². The first-order valence-electron chi connectivity index (χ1n) is 9.00. The lowest BCUT2D eigenvalue weighted by Gasteiger charge is -2.23. The molecule has 0 radical (unpaired) electrons. The van der Waals surface area contributed by atoms with E-state index in [4.69, 9.17) is 0 Å². The van der Waals surface area contributed by atoms with E-state index in [-0.39, 0.29) is 24.0 Å². The maximum atomic E-state index is 12.3.